The molecule has 1 aliphatic heterocycles. The van der Waals surface area contributed by atoms with Crippen LogP contribution >= 0.6 is 23.2 Å². The molecule has 3 nitrogen and oxygen atoms in total. The molecule has 5 heteroatoms. The van der Waals surface area contributed by atoms with Crippen LogP contribution in [-0.2, 0) is 0 Å². The second-order valence-electron chi connectivity index (χ2n) is 5.68. The Morgan fingerprint density at radius 2 is 1.85 bits per heavy atom. The molecule has 0 atom stereocenters. The van der Waals surface area contributed by atoms with E-state index in [0.717, 1.165) is 45.1 Å². The highest BCUT2D eigenvalue weighted by molar-refractivity contribution is 6.43. The number of nitrogens with one attached hydrogen (secondary N) is 1. The first-order valence-electron chi connectivity index (χ1n) is 7.20. The summed E-state index contributed by atoms with van der Waals surface area (Å²) >= 11 is 12.4. The number of piperazine rings is 1. The maximum Gasteiger partial charge on any atom is 0.0825 e. The normalized spacial score (nSPS) is 16.9. The maximum absolute atomic E-state index is 6.28. The zero-order valence-corrected chi connectivity index (χ0v) is 13.7. The van der Waals surface area contributed by atoms with Gasteiger partial charge in [0.25, 0.3) is 0 Å². The van der Waals surface area contributed by atoms with Gasteiger partial charge in [-0.15, -0.1) is 0 Å². The van der Waals surface area contributed by atoms with E-state index in [1.54, 1.807) is 0 Å². The van der Waals surface area contributed by atoms with Crippen LogP contribution in [0, 0.1) is 5.92 Å². The quantitative estimate of drug-likeness (QED) is 0.899. The molecule has 0 radical (unpaired) electrons. The van der Waals surface area contributed by atoms with Crippen molar-refractivity contribution < 1.29 is 0 Å². The Morgan fingerprint density at radius 3 is 2.50 bits per heavy atom. The van der Waals surface area contributed by atoms with Crippen LogP contribution in [-0.4, -0.2) is 44.3 Å². The van der Waals surface area contributed by atoms with E-state index in [4.69, 9.17) is 23.2 Å². The third-order valence-electron chi connectivity index (χ3n) is 3.53. The number of nitrogens with zero attached hydrogens (tertiary/aromatic N) is 2. The second kappa shape index (κ2) is 7.51. The molecular formula is C15H23Cl2N3. The Labute approximate surface area is 131 Å². The van der Waals surface area contributed by atoms with E-state index in [-0.39, 0.29) is 0 Å². The Hall–Kier alpha value is -0.480. The summed E-state index contributed by atoms with van der Waals surface area (Å²) in [6.07, 6.45) is 0. The number of halogens is 2. The minimum atomic E-state index is 0.630. The molecule has 0 saturated carbocycles. The molecule has 0 amide bonds. The summed E-state index contributed by atoms with van der Waals surface area (Å²) in [7, 11) is 0. The number of benzene rings is 1. The van der Waals surface area contributed by atoms with E-state index in [0.29, 0.717) is 16.0 Å². The average molecular weight is 316 g/mol. The SMILES string of the molecule is CC(C)CNCN1CCN(c2cccc(Cl)c2Cl)CC1. The first-order valence-corrected chi connectivity index (χ1v) is 7.95. The highest BCUT2D eigenvalue weighted by Gasteiger charge is 2.19. The molecule has 0 aromatic heterocycles. The van der Waals surface area contributed by atoms with Gasteiger partial charge in [-0.2, -0.15) is 0 Å². The van der Waals surface area contributed by atoms with Gasteiger partial charge in [-0.05, 0) is 24.6 Å². The van der Waals surface area contributed by atoms with Gasteiger partial charge in [0.05, 0.1) is 15.7 Å². The van der Waals surface area contributed by atoms with Crippen molar-refractivity contribution in [1.29, 1.82) is 0 Å². The summed E-state index contributed by atoms with van der Waals surface area (Å²) < 4.78 is 0. The van der Waals surface area contributed by atoms with Gasteiger partial charge in [-0.25, -0.2) is 0 Å². The number of rotatable bonds is 5. The summed E-state index contributed by atoms with van der Waals surface area (Å²) in [5.74, 6) is 0.696. The monoisotopic (exact) mass is 315 g/mol. The van der Waals surface area contributed by atoms with Gasteiger partial charge < -0.3 is 10.2 Å². The Morgan fingerprint density at radius 1 is 1.15 bits per heavy atom. The molecule has 1 aromatic rings. The smallest absolute Gasteiger partial charge is 0.0825 e. The van der Waals surface area contributed by atoms with Crippen LogP contribution in [0.3, 0.4) is 0 Å². The fourth-order valence-electron chi connectivity index (χ4n) is 2.39. The lowest BCUT2D eigenvalue weighted by Gasteiger charge is -2.36. The van der Waals surface area contributed by atoms with Gasteiger partial charge in [-0.1, -0.05) is 43.1 Å². The topological polar surface area (TPSA) is 18.5 Å². The first-order chi connectivity index (χ1) is 9.58. The van der Waals surface area contributed by atoms with Crippen LogP contribution in [0.15, 0.2) is 18.2 Å². The Kier molecular flexibility index (Phi) is 5.97. The van der Waals surface area contributed by atoms with Crippen LogP contribution in [0.25, 0.3) is 0 Å². The molecule has 1 aliphatic rings. The lowest BCUT2D eigenvalue weighted by Crippen LogP contribution is -2.49. The van der Waals surface area contributed by atoms with Crippen LogP contribution in [0.2, 0.25) is 10.0 Å². The predicted octanol–water partition coefficient (Wildman–Crippen LogP) is 3.32. The standard InChI is InChI=1S/C15H23Cl2N3/c1-12(2)10-18-11-19-6-8-20(9-7-19)14-5-3-4-13(16)15(14)17/h3-5,12,18H,6-11H2,1-2H3. The largest absolute Gasteiger partial charge is 0.368 e. The third-order valence-corrected chi connectivity index (χ3v) is 4.34. The molecule has 1 saturated heterocycles. The molecule has 1 aromatic carbocycles. The van der Waals surface area contributed by atoms with Crippen LogP contribution in [0.4, 0.5) is 5.69 Å². The van der Waals surface area contributed by atoms with Crippen molar-refractivity contribution in [1.82, 2.24) is 10.2 Å². The lowest BCUT2D eigenvalue weighted by atomic mass is 10.2. The summed E-state index contributed by atoms with van der Waals surface area (Å²) in [5, 5.41) is 4.79. The van der Waals surface area contributed by atoms with E-state index < -0.39 is 0 Å². The second-order valence-corrected chi connectivity index (χ2v) is 6.47. The molecule has 1 N–H and O–H groups in total. The van der Waals surface area contributed by atoms with Gasteiger partial charge in [0.15, 0.2) is 0 Å². The van der Waals surface area contributed by atoms with Crippen molar-refractivity contribution in [2.45, 2.75) is 13.8 Å². The van der Waals surface area contributed by atoms with Crippen molar-refractivity contribution >= 4 is 28.9 Å². The summed E-state index contributed by atoms with van der Waals surface area (Å²) in [5.41, 5.74) is 1.05. The van der Waals surface area contributed by atoms with E-state index in [1.165, 1.54) is 0 Å². The van der Waals surface area contributed by atoms with Crippen LogP contribution in [0.1, 0.15) is 13.8 Å². The number of hydrogen-bond acceptors (Lipinski definition) is 3. The Balaban J connectivity index is 1.83. The van der Waals surface area contributed by atoms with Gasteiger partial charge >= 0.3 is 0 Å². The summed E-state index contributed by atoms with van der Waals surface area (Å²) in [6, 6.07) is 5.83. The van der Waals surface area contributed by atoms with Crippen molar-refractivity contribution in [3.8, 4) is 0 Å². The molecule has 0 bridgehead atoms. The summed E-state index contributed by atoms with van der Waals surface area (Å²) in [4.78, 5) is 4.75. The molecule has 0 unspecified atom stereocenters. The van der Waals surface area contributed by atoms with Gasteiger partial charge in [-0.3, -0.25) is 4.90 Å². The van der Waals surface area contributed by atoms with E-state index in [9.17, 15) is 0 Å². The van der Waals surface area contributed by atoms with E-state index >= 15 is 0 Å². The molecule has 2 rings (SSSR count). The predicted molar refractivity (Wildman–Crippen MR) is 88.0 cm³/mol. The number of hydrogen-bond donors (Lipinski definition) is 1. The van der Waals surface area contributed by atoms with Crippen molar-refractivity contribution in [2.24, 2.45) is 5.92 Å². The molecular weight excluding hydrogens is 293 g/mol. The zero-order chi connectivity index (χ0) is 14.5. The zero-order valence-electron chi connectivity index (χ0n) is 12.2. The molecule has 20 heavy (non-hydrogen) atoms. The average Bonchev–Trinajstić information content (AvgIpc) is 2.42. The number of anilines is 1. The van der Waals surface area contributed by atoms with Crippen molar-refractivity contribution in [2.75, 3.05) is 44.3 Å². The fraction of sp³-hybridized carbons (Fsp3) is 0.600. The Bertz CT molecular complexity index is 429. The van der Waals surface area contributed by atoms with E-state index in [2.05, 4.69) is 29.0 Å². The molecule has 0 spiro atoms. The molecule has 112 valence electrons. The molecule has 0 aliphatic carbocycles. The maximum atomic E-state index is 6.28. The van der Waals surface area contributed by atoms with Crippen LogP contribution in [0.5, 0.6) is 0 Å². The van der Waals surface area contributed by atoms with Gasteiger partial charge in [0, 0.05) is 32.8 Å². The molecule has 1 fully saturated rings. The fourth-order valence-corrected chi connectivity index (χ4v) is 2.81. The molecule has 1 heterocycles. The third kappa shape index (κ3) is 4.26. The highest BCUT2D eigenvalue weighted by atomic mass is 35.5. The van der Waals surface area contributed by atoms with Crippen molar-refractivity contribution in [3.63, 3.8) is 0 Å². The summed E-state index contributed by atoms with van der Waals surface area (Å²) in [6.45, 7) is 10.6. The van der Waals surface area contributed by atoms with Gasteiger partial charge in [0.1, 0.15) is 0 Å². The van der Waals surface area contributed by atoms with Crippen molar-refractivity contribution in [3.05, 3.63) is 28.2 Å². The highest BCUT2D eigenvalue weighted by Crippen LogP contribution is 2.32. The minimum Gasteiger partial charge on any atom is -0.368 e. The lowest BCUT2D eigenvalue weighted by molar-refractivity contribution is 0.235. The first kappa shape index (κ1) is 15.9. The minimum absolute atomic E-state index is 0.630. The van der Waals surface area contributed by atoms with Crippen LogP contribution < -0.4 is 10.2 Å². The van der Waals surface area contributed by atoms with Gasteiger partial charge in [0.2, 0.25) is 0 Å². The van der Waals surface area contributed by atoms with E-state index in [1.807, 2.05) is 18.2 Å².